The SMILES string of the molecule is Cc1c(Cl)cccc1Nc1ncnc(NCC2CCCO2)c1[N+](=O)[O-]. The van der Waals surface area contributed by atoms with Gasteiger partial charge in [-0.2, -0.15) is 0 Å². The van der Waals surface area contributed by atoms with Crippen molar-refractivity contribution in [1.29, 1.82) is 0 Å². The van der Waals surface area contributed by atoms with E-state index in [1.54, 1.807) is 18.2 Å². The Labute approximate surface area is 149 Å². The van der Waals surface area contributed by atoms with Gasteiger partial charge in [0, 0.05) is 23.9 Å². The fourth-order valence-electron chi connectivity index (χ4n) is 2.66. The van der Waals surface area contributed by atoms with Gasteiger partial charge in [0.05, 0.1) is 11.0 Å². The van der Waals surface area contributed by atoms with Crippen molar-refractivity contribution in [2.75, 3.05) is 23.8 Å². The Kier molecular flexibility index (Phi) is 5.30. The molecule has 0 radical (unpaired) electrons. The average Bonchev–Trinajstić information content (AvgIpc) is 3.10. The summed E-state index contributed by atoms with van der Waals surface area (Å²) in [4.78, 5) is 19.1. The van der Waals surface area contributed by atoms with E-state index in [2.05, 4.69) is 20.6 Å². The van der Waals surface area contributed by atoms with Crippen LogP contribution in [0.3, 0.4) is 0 Å². The molecule has 2 N–H and O–H groups in total. The van der Waals surface area contributed by atoms with Crippen molar-refractivity contribution in [2.24, 2.45) is 0 Å². The van der Waals surface area contributed by atoms with Crippen molar-refractivity contribution >= 4 is 34.6 Å². The van der Waals surface area contributed by atoms with Gasteiger partial charge >= 0.3 is 5.69 Å². The van der Waals surface area contributed by atoms with Crippen LogP contribution >= 0.6 is 11.6 Å². The zero-order valence-corrected chi connectivity index (χ0v) is 14.4. The minimum Gasteiger partial charge on any atom is -0.376 e. The van der Waals surface area contributed by atoms with E-state index in [4.69, 9.17) is 16.3 Å². The fourth-order valence-corrected chi connectivity index (χ4v) is 2.83. The van der Waals surface area contributed by atoms with E-state index >= 15 is 0 Å². The number of aromatic nitrogens is 2. The summed E-state index contributed by atoms with van der Waals surface area (Å²) in [5.74, 6) is 0.276. The minimum absolute atomic E-state index is 0.0427. The second-order valence-corrected chi connectivity index (χ2v) is 6.14. The third-order valence-corrected chi connectivity index (χ3v) is 4.46. The zero-order valence-electron chi connectivity index (χ0n) is 13.7. The molecule has 0 spiro atoms. The topological polar surface area (TPSA) is 102 Å². The molecule has 1 saturated heterocycles. The Balaban J connectivity index is 1.86. The summed E-state index contributed by atoms with van der Waals surface area (Å²) in [7, 11) is 0. The summed E-state index contributed by atoms with van der Waals surface area (Å²) in [6.45, 7) is 3.01. The first kappa shape index (κ1) is 17.4. The highest BCUT2D eigenvalue weighted by Gasteiger charge is 2.25. The molecule has 8 nitrogen and oxygen atoms in total. The summed E-state index contributed by atoms with van der Waals surface area (Å²) in [5, 5.41) is 18.1. The molecule has 2 aromatic rings. The third kappa shape index (κ3) is 3.97. The number of hydrogen-bond acceptors (Lipinski definition) is 7. The summed E-state index contributed by atoms with van der Waals surface area (Å²) in [6, 6.07) is 5.30. The van der Waals surface area contributed by atoms with Gasteiger partial charge in [0.1, 0.15) is 6.33 Å². The van der Waals surface area contributed by atoms with Crippen molar-refractivity contribution in [2.45, 2.75) is 25.9 Å². The van der Waals surface area contributed by atoms with Crippen LogP contribution in [0.15, 0.2) is 24.5 Å². The molecule has 1 fully saturated rings. The van der Waals surface area contributed by atoms with Crippen molar-refractivity contribution in [3.05, 3.63) is 45.2 Å². The molecule has 25 heavy (non-hydrogen) atoms. The molecule has 0 saturated carbocycles. The van der Waals surface area contributed by atoms with Gasteiger partial charge < -0.3 is 15.4 Å². The molecule has 1 aromatic heterocycles. The lowest BCUT2D eigenvalue weighted by atomic mass is 10.2. The lowest BCUT2D eigenvalue weighted by molar-refractivity contribution is -0.383. The standard InChI is InChI=1S/C16H18ClN5O3/c1-10-12(17)5-2-6-13(10)21-16-14(22(23)24)15(19-9-20-16)18-8-11-4-3-7-25-11/h2,5-6,9,11H,3-4,7-8H2,1H3,(H2,18,19,20,21). The summed E-state index contributed by atoms with van der Waals surface area (Å²) in [5.41, 5.74) is 1.23. The quantitative estimate of drug-likeness (QED) is 0.596. The highest BCUT2D eigenvalue weighted by atomic mass is 35.5. The van der Waals surface area contributed by atoms with E-state index in [-0.39, 0.29) is 23.4 Å². The summed E-state index contributed by atoms with van der Waals surface area (Å²) >= 11 is 6.10. The normalized spacial score (nSPS) is 16.6. The van der Waals surface area contributed by atoms with Gasteiger partial charge in [-0.25, -0.2) is 9.97 Å². The number of nitrogens with zero attached hydrogens (tertiary/aromatic N) is 3. The highest BCUT2D eigenvalue weighted by molar-refractivity contribution is 6.31. The third-order valence-electron chi connectivity index (χ3n) is 4.05. The molecular weight excluding hydrogens is 346 g/mol. The highest BCUT2D eigenvalue weighted by Crippen LogP contribution is 2.33. The Hall–Kier alpha value is -2.45. The van der Waals surface area contributed by atoms with Crippen molar-refractivity contribution in [3.63, 3.8) is 0 Å². The molecular formula is C16H18ClN5O3. The minimum atomic E-state index is -0.500. The van der Waals surface area contributed by atoms with Gasteiger partial charge in [-0.1, -0.05) is 17.7 Å². The Morgan fingerprint density at radius 2 is 2.20 bits per heavy atom. The second kappa shape index (κ2) is 7.62. The largest absolute Gasteiger partial charge is 0.376 e. The number of benzene rings is 1. The number of anilines is 3. The van der Waals surface area contributed by atoms with Crippen molar-refractivity contribution < 1.29 is 9.66 Å². The predicted molar refractivity (Wildman–Crippen MR) is 95.6 cm³/mol. The summed E-state index contributed by atoms with van der Waals surface area (Å²) < 4.78 is 5.52. The van der Waals surface area contributed by atoms with Crippen LogP contribution in [0.4, 0.5) is 23.0 Å². The maximum absolute atomic E-state index is 11.6. The Morgan fingerprint density at radius 1 is 1.40 bits per heavy atom. The van der Waals surface area contributed by atoms with E-state index in [0.29, 0.717) is 17.3 Å². The smallest absolute Gasteiger partial charge is 0.353 e. The number of nitrogens with one attached hydrogen (secondary N) is 2. The first-order valence-electron chi connectivity index (χ1n) is 7.93. The second-order valence-electron chi connectivity index (χ2n) is 5.73. The van der Waals surface area contributed by atoms with Gasteiger partial charge in [-0.3, -0.25) is 10.1 Å². The molecule has 1 aromatic carbocycles. The molecule has 0 amide bonds. The van der Waals surface area contributed by atoms with Gasteiger partial charge in [0.15, 0.2) is 0 Å². The Bertz CT molecular complexity index is 780. The van der Waals surface area contributed by atoms with Crippen LogP contribution in [0.5, 0.6) is 0 Å². The van der Waals surface area contributed by atoms with E-state index < -0.39 is 4.92 Å². The van der Waals surface area contributed by atoms with Gasteiger partial charge in [-0.15, -0.1) is 0 Å². The maximum Gasteiger partial charge on any atom is 0.353 e. The lowest BCUT2D eigenvalue weighted by Gasteiger charge is -2.14. The molecule has 1 aliphatic heterocycles. The number of hydrogen-bond donors (Lipinski definition) is 2. The average molecular weight is 364 g/mol. The first-order chi connectivity index (χ1) is 12.1. The van der Waals surface area contributed by atoms with Crippen LogP contribution in [0.1, 0.15) is 18.4 Å². The summed E-state index contributed by atoms with van der Waals surface area (Å²) in [6.07, 6.45) is 3.26. The molecule has 1 atom stereocenters. The van der Waals surface area contributed by atoms with Gasteiger partial charge in [0.25, 0.3) is 0 Å². The molecule has 132 valence electrons. The first-order valence-corrected chi connectivity index (χ1v) is 8.31. The van der Waals surface area contributed by atoms with E-state index in [1.165, 1.54) is 6.33 Å². The lowest BCUT2D eigenvalue weighted by Crippen LogP contribution is -2.20. The number of nitro groups is 1. The monoisotopic (exact) mass is 363 g/mol. The number of halogens is 1. The van der Waals surface area contributed by atoms with Gasteiger partial charge in [-0.05, 0) is 37.5 Å². The van der Waals surface area contributed by atoms with Gasteiger partial charge in [0.2, 0.25) is 11.6 Å². The van der Waals surface area contributed by atoms with Crippen molar-refractivity contribution in [3.8, 4) is 0 Å². The molecule has 1 unspecified atom stereocenters. The van der Waals surface area contributed by atoms with Crippen LogP contribution in [0, 0.1) is 17.0 Å². The van der Waals surface area contributed by atoms with Crippen molar-refractivity contribution in [1.82, 2.24) is 9.97 Å². The van der Waals surface area contributed by atoms with E-state index in [0.717, 1.165) is 25.0 Å². The van der Waals surface area contributed by atoms with E-state index in [1.807, 2.05) is 6.92 Å². The maximum atomic E-state index is 11.6. The predicted octanol–water partition coefficient (Wildman–Crippen LogP) is 3.68. The zero-order chi connectivity index (χ0) is 17.8. The van der Waals surface area contributed by atoms with Crippen LogP contribution in [0.25, 0.3) is 0 Å². The molecule has 3 rings (SSSR count). The number of rotatable bonds is 6. The van der Waals surface area contributed by atoms with E-state index in [9.17, 15) is 10.1 Å². The molecule has 9 heteroatoms. The molecule has 0 aliphatic carbocycles. The Morgan fingerprint density at radius 3 is 2.92 bits per heavy atom. The number of ether oxygens (including phenoxy) is 1. The van der Waals surface area contributed by atoms with Crippen LogP contribution in [-0.4, -0.2) is 34.1 Å². The van der Waals surface area contributed by atoms with Crippen LogP contribution in [-0.2, 0) is 4.74 Å². The molecule has 2 heterocycles. The molecule has 1 aliphatic rings. The van der Waals surface area contributed by atoms with Crippen LogP contribution < -0.4 is 10.6 Å². The van der Waals surface area contributed by atoms with Crippen LogP contribution in [0.2, 0.25) is 5.02 Å². The molecule has 0 bridgehead atoms. The fraction of sp³-hybridized carbons (Fsp3) is 0.375.